The molecule has 0 aliphatic heterocycles. The molecular formula is C21H19F5N4O. The van der Waals surface area contributed by atoms with Crippen LogP contribution in [0.25, 0.3) is 11.3 Å². The first-order valence-electron chi connectivity index (χ1n) is 9.37. The number of hydrogen-bond donors (Lipinski definition) is 2. The van der Waals surface area contributed by atoms with E-state index in [1.54, 1.807) is 0 Å². The number of anilines is 3. The standard InChI is InChI=1S/C21H19F5N4O/c1-3-12(2)27-20-28-17(13-6-4-7-14(10-13)31-21(24,25)26)11-18(30-20)29-19-15(22)8-5-9-16(19)23/h4-12H,3H2,1-2H3,(H2,27,28,29,30)/t12-/m0/s1. The van der Waals surface area contributed by atoms with Crippen LogP contribution in [0.1, 0.15) is 20.3 Å². The van der Waals surface area contributed by atoms with Gasteiger partial charge < -0.3 is 15.4 Å². The van der Waals surface area contributed by atoms with E-state index in [9.17, 15) is 22.0 Å². The van der Waals surface area contributed by atoms with Gasteiger partial charge >= 0.3 is 6.36 Å². The Morgan fingerprint density at radius 1 is 1.00 bits per heavy atom. The van der Waals surface area contributed by atoms with E-state index >= 15 is 0 Å². The first-order chi connectivity index (χ1) is 14.6. The molecule has 0 aliphatic rings. The number of para-hydroxylation sites is 1. The Hall–Kier alpha value is -3.43. The zero-order chi connectivity index (χ0) is 22.6. The Labute approximate surface area is 175 Å². The van der Waals surface area contributed by atoms with Crippen molar-refractivity contribution >= 4 is 17.5 Å². The average Bonchev–Trinajstić information content (AvgIpc) is 2.69. The summed E-state index contributed by atoms with van der Waals surface area (Å²) in [6.45, 7) is 3.82. The van der Waals surface area contributed by atoms with Crippen molar-refractivity contribution in [3.05, 3.63) is 60.2 Å². The van der Waals surface area contributed by atoms with E-state index in [1.165, 1.54) is 24.3 Å². The summed E-state index contributed by atoms with van der Waals surface area (Å²) in [4.78, 5) is 8.56. The zero-order valence-corrected chi connectivity index (χ0v) is 16.6. The summed E-state index contributed by atoms with van der Waals surface area (Å²) >= 11 is 0. The average molecular weight is 438 g/mol. The van der Waals surface area contributed by atoms with Crippen molar-refractivity contribution < 1.29 is 26.7 Å². The number of nitrogens with one attached hydrogen (secondary N) is 2. The molecule has 3 rings (SSSR count). The highest BCUT2D eigenvalue weighted by Gasteiger charge is 2.31. The van der Waals surface area contributed by atoms with Gasteiger partial charge in [-0.15, -0.1) is 13.2 Å². The zero-order valence-electron chi connectivity index (χ0n) is 16.6. The van der Waals surface area contributed by atoms with Crippen molar-refractivity contribution in [1.29, 1.82) is 0 Å². The highest BCUT2D eigenvalue weighted by atomic mass is 19.4. The lowest BCUT2D eigenvalue weighted by Crippen LogP contribution is -2.17. The molecule has 0 saturated carbocycles. The summed E-state index contributed by atoms with van der Waals surface area (Å²) in [6.07, 6.45) is -4.10. The van der Waals surface area contributed by atoms with E-state index in [0.717, 1.165) is 30.7 Å². The van der Waals surface area contributed by atoms with Crippen molar-refractivity contribution in [2.24, 2.45) is 0 Å². The van der Waals surface area contributed by atoms with Crippen LogP contribution in [-0.2, 0) is 0 Å². The fraction of sp³-hybridized carbons (Fsp3) is 0.238. The molecule has 0 unspecified atom stereocenters. The highest BCUT2D eigenvalue weighted by Crippen LogP contribution is 2.30. The minimum atomic E-state index is -4.84. The van der Waals surface area contributed by atoms with Gasteiger partial charge in [-0.3, -0.25) is 0 Å². The molecular weight excluding hydrogens is 419 g/mol. The number of nitrogens with zero attached hydrogens (tertiary/aromatic N) is 2. The molecule has 0 fully saturated rings. The molecule has 0 aliphatic carbocycles. The number of halogens is 5. The van der Waals surface area contributed by atoms with E-state index < -0.39 is 29.4 Å². The molecule has 0 spiro atoms. The van der Waals surface area contributed by atoms with Crippen LogP contribution in [0, 0.1) is 11.6 Å². The summed E-state index contributed by atoms with van der Waals surface area (Å²) in [6, 6.07) is 9.99. The quantitative estimate of drug-likeness (QED) is 0.426. The summed E-state index contributed by atoms with van der Waals surface area (Å²) in [5.74, 6) is -1.86. The topological polar surface area (TPSA) is 59.1 Å². The van der Waals surface area contributed by atoms with E-state index in [2.05, 4.69) is 25.3 Å². The van der Waals surface area contributed by atoms with Gasteiger partial charge in [0.2, 0.25) is 5.95 Å². The van der Waals surface area contributed by atoms with Crippen LogP contribution in [0.5, 0.6) is 5.75 Å². The Kier molecular flexibility index (Phi) is 6.57. The van der Waals surface area contributed by atoms with Crippen LogP contribution in [0.2, 0.25) is 0 Å². The molecule has 0 radical (unpaired) electrons. The third-order valence-electron chi connectivity index (χ3n) is 4.29. The molecule has 3 aromatic rings. The number of hydrogen-bond acceptors (Lipinski definition) is 5. The lowest BCUT2D eigenvalue weighted by atomic mass is 10.1. The smallest absolute Gasteiger partial charge is 0.406 e. The molecule has 2 N–H and O–H groups in total. The first kappa shape index (κ1) is 22.3. The monoisotopic (exact) mass is 438 g/mol. The molecule has 0 saturated heterocycles. The second kappa shape index (κ2) is 9.15. The molecule has 10 heteroatoms. The summed E-state index contributed by atoms with van der Waals surface area (Å²) < 4.78 is 69.8. The lowest BCUT2D eigenvalue weighted by Gasteiger charge is -2.15. The fourth-order valence-corrected chi connectivity index (χ4v) is 2.64. The number of benzene rings is 2. The minimum Gasteiger partial charge on any atom is -0.406 e. The van der Waals surface area contributed by atoms with Gasteiger partial charge in [-0.2, -0.15) is 4.98 Å². The van der Waals surface area contributed by atoms with E-state index in [-0.39, 0.29) is 23.5 Å². The van der Waals surface area contributed by atoms with Crippen LogP contribution >= 0.6 is 0 Å². The predicted octanol–water partition coefficient (Wildman–Crippen LogP) is 6.27. The second-order valence-corrected chi connectivity index (χ2v) is 6.71. The van der Waals surface area contributed by atoms with Crippen LogP contribution in [-0.4, -0.2) is 22.4 Å². The number of rotatable bonds is 7. The minimum absolute atomic E-state index is 0.0202. The number of alkyl halides is 3. The van der Waals surface area contributed by atoms with Crippen molar-refractivity contribution in [3.63, 3.8) is 0 Å². The maximum atomic E-state index is 14.1. The van der Waals surface area contributed by atoms with Crippen molar-refractivity contribution in [1.82, 2.24) is 9.97 Å². The van der Waals surface area contributed by atoms with E-state index in [1.807, 2.05) is 13.8 Å². The van der Waals surface area contributed by atoms with Crippen LogP contribution in [0.4, 0.5) is 39.4 Å². The lowest BCUT2D eigenvalue weighted by molar-refractivity contribution is -0.274. The molecule has 0 amide bonds. The Balaban J connectivity index is 2.03. The van der Waals surface area contributed by atoms with Gasteiger partial charge in [-0.25, -0.2) is 13.8 Å². The Morgan fingerprint density at radius 2 is 1.68 bits per heavy atom. The summed E-state index contributed by atoms with van der Waals surface area (Å²) in [5, 5.41) is 5.63. The van der Waals surface area contributed by atoms with Gasteiger partial charge in [0.1, 0.15) is 28.9 Å². The maximum absolute atomic E-state index is 14.1. The Bertz CT molecular complexity index is 1040. The van der Waals surface area contributed by atoms with E-state index in [4.69, 9.17) is 0 Å². The van der Waals surface area contributed by atoms with Crippen molar-refractivity contribution in [3.8, 4) is 17.0 Å². The van der Waals surface area contributed by atoms with Gasteiger partial charge in [0.25, 0.3) is 0 Å². The van der Waals surface area contributed by atoms with Gasteiger partial charge in [-0.05, 0) is 37.6 Å². The molecule has 1 heterocycles. The van der Waals surface area contributed by atoms with Crippen LogP contribution < -0.4 is 15.4 Å². The predicted molar refractivity (Wildman–Crippen MR) is 107 cm³/mol. The highest BCUT2D eigenvalue weighted by molar-refractivity contribution is 5.68. The normalized spacial score (nSPS) is 12.4. The van der Waals surface area contributed by atoms with Gasteiger partial charge in [-0.1, -0.05) is 25.1 Å². The second-order valence-electron chi connectivity index (χ2n) is 6.71. The van der Waals surface area contributed by atoms with Crippen molar-refractivity contribution in [2.75, 3.05) is 10.6 Å². The summed E-state index contributed by atoms with van der Waals surface area (Å²) in [5.41, 5.74) is 0.122. The SMILES string of the molecule is CC[C@H](C)Nc1nc(Nc2c(F)cccc2F)cc(-c2cccc(OC(F)(F)F)c2)n1. The third-order valence-corrected chi connectivity index (χ3v) is 4.29. The third kappa shape index (κ3) is 6.03. The molecule has 31 heavy (non-hydrogen) atoms. The molecule has 164 valence electrons. The molecule has 0 bridgehead atoms. The van der Waals surface area contributed by atoms with Crippen LogP contribution in [0.15, 0.2) is 48.5 Å². The van der Waals surface area contributed by atoms with Gasteiger partial charge in [0.05, 0.1) is 5.69 Å². The number of ether oxygens (including phenoxy) is 1. The molecule has 1 atom stereocenters. The fourth-order valence-electron chi connectivity index (χ4n) is 2.64. The first-order valence-corrected chi connectivity index (χ1v) is 9.37. The Morgan fingerprint density at radius 3 is 2.32 bits per heavy atom. The summed E-state index contributed by atoms with van der Waals surface area (Å²) in [7, 11) is 0. The maximum Gasteiger partial charge on any atom is 0.573 e. The molecule has 1 aromatic heterocycles. The number of aromatic nitrogens is 2. The van der Waals surface area contributed by atoms with E-state index in [0.29, 0.717) is 5.56 Å². The van der Waals surface area contributed by atoms with Gasteiger partial charge in [0, 0.05) is 17.7 Å². The van der Waals surface area contributed by atoms with Crippen molar-refractivity contribution in [2.45, 2.75) is 32.7 Å². The van der Waals surface area contributed by atoms with Gasteiger partial charge in [0.15, 0.2) is 0 Å². The van der Waals surface area contributed by atoms with Crippen LogP contribution in [0.3, 0.4) is 0 Å². The molecule has 2 aromatic carbocycles. The molecule has 5 nitrogen and oxygen atoms in total. The largest absolute Gasteiger partial charge is 0.573 e.